The second-order valence-electron chi connectivity index (χ2n) is 8.46. The lowest BCUT2D eigenvalue weighted by atomic mass is 9.82. The van der Waals surface area contributed by atoms with Crippen LogP contribution in [0.3, 0.4) is 0 Å². The Bertz CT molecular complexity index is 1090. The van der Waals surface area contributed by atoms with Gasteiger partial charge in [-0.05, 0) is 56.4 Å². The molecule has 1 heterocycles. The first-order chi connectivity index (χ1) is 15.4. The van der Waals surface area contributed by atoms with Gasteiger partial charge in [0.05, 0.1) is 16.3 Å². The van der Waals surface area contributed by atoms with E-state index in [1.54, 1.807) is 42.2 Å². The van der Waals surface area contributed by atoms with E-state index in [1.807, 2.05) is 18.2 Å². The van der Waals surface area contributed by atoms with E-state index in [1.165, 1.54) is 0 Å². The average Bonchev–Trinajstić information content (AvgIpc) is 2.78. The molecule has 0 spiro atoms. The van der Waals surface area contributed by atoms with Crippen LogP contribution >= 0.6 is 11.6 Å². The minimum atomic E-state index is -0.422. The first-order valence-electron chi connectivity index (χ1n) is 10.8. The van der Waals surface area contributed by atoms with E-state index in [-0.39, 0.29) is 35.0 Å². The molecule has 0 bridgehead atoms. The van der Waals surface area contributed by atoms with Crippen molar-refractivity contribution in [2.45, 2.75) is 38.6 Å². The first-order valence-corrected chi connectivity index (χ1v) is 11.2. The molecule has 4 rings (SSSR count). The van der Waals surface area contributed by atoms with Gasteiger partial charge in [-0.15, -0.1) is 0 Å². The van der Waals surface area contributed by atoms with Gasteiger partial charge in [-0.3, -0.25) is 14.4 Å². The average molecular weight is 452 g/mol. The molecule has 0 aromatic heterocycles. The monoisotopic (exact) mass is 451 g/mol. The summed E-state index contributed by atoms with van der Waals surface area (Å²) in [4.78, 5) is 40.5. The summed E-state index contributed by atoms with van der Waals surface area (Å²) in [6, 6.07) is 14.2. The fourth-order valence-corrected chi connectivity index (χ4v) is 4.97. The zero-order valence-corrected chi connectivity index (χ0v) is 18.7. The largest absolute Gasteiger partial charge is 0.402 e. The Labute approximate surface area is 192 Å². The van der Waals surface area contributed by atoms with Crippen molar-refractivity contribution in [3.05, 3.63) is 76.0 Å². The maximum atomic E-state index is 13.4. The van der Waals surface area contributed by atoms with Crippen LogP contribution in [0.5, 0.6) is 0 Å². The zero-order valence-electron chi connectivity index (χ0n) is 17.9. The van der Waals surface area contributed by atoms with Gasteiger partial charge in [0, 0.05) is 23.8 Å². The maximum Gasteiger partial charge on any atom is 0.264 e. The maximum absolute atomic E-state index is 13.4. The Kier molecular flexibility index (Phi) is 6.33. The number of hydrogen-bond acceptors (Lipinski definition) is 4. The number of Topliss-reactive ketones (excluding diaryl/α,β-unsaturated/α-hetero) is 1. The number of amides is 2. The summed E-state index contributed by atoms with van der Waals surface area (Å²) < 4.78 is 0. The summed E-state index contributed by atoms with van der Waals surface area (Å²) in [5, 5.41) is 3.33. The van der Waals surface area contributed by atoms with Crippen LogP contribution in [0.25, 0.3) is 0 Å². The highest BCUT2D eigenvalue weighted by Crippen LogP contribution is 2.40. The highest BCUT2D eigenvalue weighted by molar-refractivity contribution is 6.42. The number of carbonyl (C=O) groups is 3. The molecule has 2 aliphatic rings. The molecular formula is C25H26ClN3O3. The summed E-state index contributed by atoms with van der Waals surface area (Å²) in [6.07, 6.45) is 3.42. The molecule has 0 radical (unpaired) electrons. The normalized spacial score (nSPS) is 22.4. The van der Waals surface area contributed by atoms with E-state index >= 15 is 0 Å². The van der Waals surface area contributed by atoms with Crippen molar-refractivity contribution in [3.63, 3.8) is 0 Å². The number of halogens is 1. The second-order valence-corrected chi connectivity index (χ2v) is 8.87. The quantitative estimate of drug-likeness (QED) is 0.541. The molecule has 6 nitrogen and oxygen atoms in total. The molecule has 1 fully saturated rings. The molecule has 2 atom stereocenters. The van der Waals surface area contributed by atoms with Crippen molar-refractivity contribution < 1.29 is 14.4 Å². The van der Waals surface area contributed by atoms with Gasteiger partial charge < -0.3 is 16.0 Å². The third-order valence-electron chi connectivity index (χ3n) is 6.24. The number of anilines is 1. The van der Waals surface area contributed by atoms with Gasteiger partial charge in [-0.25, -0.2) is 0 Å². The number of rotatable bonds is 4. The predicted octanol–water partition coefficient (Wildman–Crippen LogP) is 4.09. The topological polar surface area (TPSA) is 92.5 Å². The molecule has 32 heavy (non-hydrogen) atoms. The lowest BCUT2D eigenvalue weighted by Crippen LogP contribution is -2.49. The Balaban J connectivity index is 1.56. The third-order valence-corrected chi connectivity index (χ3v) is 6.55. The number of hydrogen-bond donors (Lipinski definition) is 2. The third kappa shape index (κ3) is 4.15. The standard InChI is InChI=1S/C25H26ClN3O3/c1-15(27)21-23(30)22-19(26)11-6-12-20(22)29(25(21)32)18-10-5-7-16(13-18)14-28-24(31)17-8-3-2-4-9-17/h2-4,6,8-9,11-12,16,18H,5,7,10,13-14,27H2,1H3,(H,28,31)/b21-15-. The molecule has 3 N–H and O–H groups in total. The van der Waals surface area contributed by atoms with Crippen LogP contribution in [-0.2, 0) is 4.79 Å². The van der Waals surface area contributed by atoms with Crippen LogP contribution in [0.1, 0.15) is 53.3 Å². The van der Waals surface area contributed by atoms with Crippen LogP contribution in [0, 0.1) is 5.92 Å². The van der Waals surface area contributed by atoms with Gasteiger partial charge in [-0.1, -0.05) is 42.3 Å². The molecule has 166 valence electrons. The minimum Gasteiger partial charge on any atom is -0.402 e. The Morgan fingerprint density at radius 3 is 2.59 bits per heavy atom. The minimum absolute atomic E-state index is 0.00916. The molecule has 2 aromatic carbocycles. The van der Waals surface area contributed by atoms with Crippen LogP contribution < -0.4 is 16.0 Å². The van der Waals surface area contributed by atoms with Crippen LogP contribution in [0.15, 0.2) is 59.8 Å². The van der Waals surface area contributed by atoms with Crippen LogP contribution in [-0.4, -0.2) is 30.2 Å². The molecule has 1 saturated carbocycles. The van der Waals surface area contributed by atoms with Gasteiger partial charge in [0.2, 0.25) is 5.78 Å². The number of fused-ring (bicyclic) bond motifs is 1. The predicted molar refractivity (Wildman–Crippen MR) is 125 cm³/mol. The summed E-state index contributed by atoms with van der Waals surface area (Å²) in [5.74, 6) is -0.674. The lowest BCUT2D eigenvalue weighted by Gasteiger charge is -2.40. The van der Waals surface area contributed by atoms with Crippen molar-refractivity contribution in [1.29, 1.82) is 0 Å². The zero-order chi connectivity index (χ0) is 22.8. The van der Waals surface area contributed by atoms with E-state index in [9.17, 15) is 14.4 Å². The van der Waals surface area contributed by atoms with E-state index < -0.39 is 5.78 Å². The van der Waals surface area contributed by atoms with Crippen molar-refractivity contribution in [3.8, 4) is 0 Å². The fourth-order valence-electron chi connectivity index (χ4n) is 4.71. The van der Waals surface area contributed by atoms with E-state index in [0.717, 1.165) is 25.7 Å². The number of nitrogens with zero attached hydrogens (tertiary/aromatic N) is 1. The van der Waals surface area contributed by atoms with E-state index in [0.29, 0.717) is 28.4 Å². The molecule has 2 amide bonds. The number of nitrogens with one attached hydrogen (secondary N) is 1. The van der Waals surface area contributed by atoms with Gasteiger partial charge in [-0.2, -0.15) is 0 Å². The van der Waals surface area contributed by atoms with Crippen molar-refractivity contribution in [2.75, 3.05) is 11.4 Å². The number of carbonyl (C=O) groups excluding carboxylic acids is 3. The second kappa shape index (κ2) is 9.17. The summed E-state index contributed by atoms with van der Waals surface area (Å²) in [5.41, 5.74) is 7.61. The Hall–Kier alpha value is -3.12. The van der Waals surface area contributed by atoms with Gasteiger partial charge >= 0.3 is 0 Å². The van der Waals surface area contributed by atoms with Crippen molar-refractivity contribution >= 4 is 34.9 Å². The van der Waals surface area contributed by atoms with E-state index in [4.69, 9.17) is 17.3 Å². The summed E-state index contributed by atoms with van der Waals surface area (Å²) in [7, 11) is 0. The number of nitrogens with two attached hydrogens (primary N) is 1. The molecular weight excluding hydrogens is 426 g/mol. The van der Waals surface area contributed by atoms with Gasteiger partial charge in [0.1, 0.15) is 5.57 Å². The number of benzene rings is 2. The summed E-state index contributed by atoms with van der Waals surface area (Å²) >= 11 is 6.36. The molecule has 2 unspecified atom stereocenters. The Morgan fingerprint density at radius 2 is 1.88 bits per heavy atom. The molecule has 1 aliphatic heterocycles. The van der Waals surface area contributed by atoms with Crippen molar-refractivity contribution in [1.82, 2.24) is 5.32 Å². The smallest absolute Gasteiger partial charge is 0.264 e. The molecule has 7 heteroatoms. The van der Waals surface area contributed by atoms with Crippen molar-refractivity contribution in [2.24, 2.45) is 11.7 Å². The number of ketones is 1. The molecule has 2 aromatic rings. The fraction of sp³-hybridized carbons (Fsp3) is 0.320. The van der Waals surface area contributed by atoms with Crippen LogP contribution in [0.4, 0.5) is 5.69 Å². The molecule has 1 aliphatic carbocycles. The highest BCUT2D eigenvalue weighted by Gasteiger charge is 2.41. The van der Waals surface area contributed by atoms with E-state index in [2.05, 4.69) is 5.32 Å². The Morgan fingerprint density at radius 1 is 1.12 bits per heavy atom. The molecule has 0 saturated heterocycles. The SMILES string of the molecule is C/C(N)=C1\C(=O)c2c(Cl)cccc2N(C2CCCC(CNC(=O)c3ccccc3)C2)C1=O. The summed E-state index contributed by atoms with van der Waals surface area (Å²) in [6.45, 7) is 2.10. The first kappa shape index (κ1) is 22.1. The van der Waals surface area contributed by atoms with Gasteiger partial charge in [0.25, 0.3) is 11.8 Å². The lowest BCUT2D eigenvalue weighted by molar-refractivity contribution is -0.115. The van der Waals surface area contributed by atoms with Gasteiger partial charge in [0.15, 0.2) is 0 Å². The van der Waals surface area contributed by atoms with Crippen LogP contribution in [0.2, 0.25) is 5.02 Å². The highest BCUT2D eigenvalue weighted by atomic mass is 35.5. The number of allylic oxidation sites excluding steroid dienone is 1.